The van der Waals surface area contributed by atoms with Crippen molar-refractivity contribution in [1.29, 1.82) is 0 Å². The standard InChI is InChI=1S/C6H8N6S3/c7-5-11-9-3(14-5)1-13-2-4-10-12-6(8)15-4/h1-2H2,(H2,7,11)(H2,8,12). The molecule has 2 rings (SSSR count). The summed E-state index contributed by atoms with van der Waals surface area (Å²) in [5, 5.41) is 18.2. The normalized spacial score (nSPS) is 10.7. The van der Waals surface area contributed by atoms with Crippen molar-refractivity contribution in [3.8, 4) is 0 Å². The molecule has 0 fully saturated rings. The fourth-order valence-corrected chi connectivity index (χ4v) is 3.22. The molecule has 0 atom stereocenters. The van der Waals surface area contributed by atoms with E-state index in [4.69, 9.17) is 11.5 Å². The molecule has 80 valence electrons. The molecule has 0 saturated carbocycles. The summed E-state index contributed by atoms with van der Waals surface area (Å²) in [5.41, 5.74) is 10.9. The van der Waals surface area contributed by atoms with Crippen LogP contribution in [-0.2, 0) is 11.5 Å². The maximum absolute atomic E-state index is 5.46. The van der Waals surface area contributed by atoms with Crippen molar-refractivity contribution < 1.29 is 0 Å². The van der Waals surface area contributed by atoms with E-state index in [0.29, 0.717) is 10.3 Å². The number of rotatable bonds is 4. The van der Waals surface area contributed by atoms with Crippen LogP contribution in [0.1, 0.15) is 10.0 Å². The Morgan fingerprint density at radius 2 is 1.33 bits per heavy atom. The van der Waals surface area contributed by atoms with E-state index in [1.165, 1.54) is 22.7 Å². The predicted molar refractivity (Wildman–Crippen MR) is 63.6 cm³/mol. The Balaban J connectivity index is 1.80. The van der Waals surface area contributed by atoms with Gasteiger partial charge in [0.25, 0.3) is 0 Å². The van der Waals surface area contributed by atoms with Gasteiger partial charge in [0.15, 0.2) is 0 Å². The van der Waals surface area contributed by atoms with Crippen molar-refractivity contribution in [3.05, 3.63) is 10.0 Å². The monoisotopic (exact) mass is 260 g/mol. The number of nitrogens with zero attached hydrogens (tertiary/aromatic N) is 4. The highest BCUT2D eigenvalue weighted by Crippen LogP contribution is 2.22. The number of thioether (sulfide) groups is 1. The molecule has 2 heterocycles. The molecule has 0 radical (unpaired) electrons. The maximum Gasteiger partial charge on any atom is 0.203 e. The van der Waals surface area contributed by atoms with Crippen LogP contribution in [0.5, 0.6) is 0 Å². The lowest BCUT2D eigenvalue weighted by Crippen LogP contribution is -1.83. The van der Waals surface area contributed by atoms with Crippen LogP contribution in [0.4, 0.5) is 10.3 Å². The molecule has 6 nitrogen and oxygen atoms in total. The van der Waals surface area contributed by atoms with Gasteiger partial charge in [0, 0.05) is 11.5 Å². The van der Waals surface area contributed by atoms with Gasteiger partial charge in [0.2, 0.25) is 10.3 Å². The van der Waals surface area contributed by atoms with Crippen LogP contribution in [0.3, 0.4) is 0 Å². The number of hydrogen-bond donors (Lipinski definition) is 2. The van der Waals surface area contributed by atoms with Gasteiger partial charge in [-0.3, -0.25) is 0 Å². The second-order valence-corrected chi connectivity index (χ2v) is 5.73. The van der Waals surface area contributed by atoms with Gasteiger partial charge in [-0.25, -0.2) is 0 Å². The van der Waals surface area contributed by atoms with Gasteiger partial charge in [0.1, 0.15) is 10.0 Å². The van der Waals surface area contributed by atoms with Crippen molar-refractivity contribution in [1.82, 2.24) is 20.4 Å². The Kier molecular flexibility index (Phi) is 3.34. The van der Waals surface area contributed by atoms with Crippen molar-refractivity contribution >= 4 is 44.7 Å². The minimum Gasteiger partial charge on any atom is -0.374 e. The summed E-state index contributed by atoms with van der Waals surface area (Å²) in [5.74, 6) is 1.57. The molecule has 2 aromatic heterocycles. The second-order valence-electron chi connectivity index (χ2n) is 2.56. The summed E-state index contributed by atoms with van der Waals surface area (Å²) in [7, 11) is 0. The Bertz CT molecular complexity index is 397. The number of anilines is 2. The van der Waals surface area contributed by atoms with E-state index in [-0.39, 0.29) is 0 Å². The topological polar surface area (TPSA) is 104 Å². The zero-order valence-corrected chi connectivity index (χ0v) is 10.0. The van der Waals surface area contributed by atoms with Crippen LogP contribution in [-0.4, -0.2) is 20.4 Å². The summed E-state index contributed by atoms with van der Waals surface area (Å²) in [4.78, 5) is 0. The van der Waals surface area contributed by atoms with E-state index in [2.05, 4.69) is 20.4 Å². The first kappa shape index (κ1) is 10.6. The third kappa shape index (κ3) is 3.01. The lowest BCUT2D eigenvalue weighted by Gasteiger charge is -1.92. The van der Waals surface area contributed by atoms with Gasteiger partial charge in [0.05, 0.1) is 0 Å². The lowest BCUT2D eigenvalue weighted by atomic mass is 10.8. The smallest absolute Gasteiger partial charge is 0.203 e. The minimum atomic E-state index is 0.505. The predicted octanol–water partition coefficient (Wildman–Crippen LogP) is 0.987. The number of hydrogen-bond acceptors (Lipinski definition) is 9. The van der Waals surface area contributed by atoms with Crippen molar-refractivity contribution in [3.63, 3.8) is 0 Å². The summed E-state index contributed by atoms with van der Waals surface area (Å²) in [6.45, 7) is 0. The summed E-state index contributed by atoms with van der Waals surface area (Å²) in [6, 6.07) is 0. The Morgan fingerprint density at radius 3 is 1.67 bits per heavy atom. The first-order valence-corrected chi connectivity index (χ1v) is 6.76. The molecule has 0 unspecified atom stereocenters. The molecule has 0 aromatic carbocycles. The highest BCUT2D eigenvalue weighted by atomic mass is 32.2. The third-order valence-electron chi connectivity index (χ3n) is 1.42. The first-order chi connectivity index (χ1) is 7.24. The first-order valence-electron chi connectivity index (χ1n) is 3.97. The molecular weight excluding hydrogens is 252 g/mol. The van der Waals surface area contributed by atoms with Crippen LogP contribution in [0.15, 0.2) is 0 Å². The average Bonchev–Trinajstić information content (AvgIpc) is 2.76. The summed E-state index contributed by atoms with van der Waals surface area (Å²) >= 11 is 4.50. The molecule has 4 N–H and O–H groups in total. The highest BCUT2D eigenvalue weighted by Gasteiger charge is 2.04. The molecule has 0 amide bonds. The minimum absolute atomic E-state index is 0.505. The van der Waals surface area contributed by atoms with Gasteiger partial charge < -0.3 is 11.5 Å². The molecule has 0 bridgehead atoms. The molecule has 9 heteroatoms. The molecule has 0 saturated heterocycles. The Morgan fingerprint density at radius 1 is 0.867 bits per heavy atom. The van der Waals surface area contributed by atoms with Crippen molar-refractivity contribution in [2.75, 3.05) is 11.5 Å². The van der Waals surface area contributed by atoms with Gasteiger partial charge in [-0.2, -0.15) is 0 Å². The van der Waals surface area contributed by atoms with E-state index >= 15 is 0 Å². The highest BCUT2D eigenvalue weighted by molar-refractivity contribution is 7.97. The number of aromatic nitrogens is 4. The van der Waals surface area contributed by atoms with E-state index in [9.17, 15) is 0 Å². The average molecular weight is 260 g/mol. The molecular formula is C6H8N6S3. The number of nitrogens with two attached hydrogens (primary N) is 2. The maximum atomic E-state index is 5.46. The zero-order chi connectivity index (χ0) is 10.7. The summed E-state index contributed by atoms with van der Waals surface area (Å²) < 4.78 is 0. The molecule has 0 aliphatic carbocycles. The molecule has 15 heavy (non-hydrogen) atoms. The molecule has 0 spiro atoms. The lowest BCUT2D eigenvalue weighted by molar-refractivity contribution is 1.04. The Hall–Kier alpha value is -0.930. The second kappa shape index (κ2) is 4.73. The quantitative estimate of drug-likeness (QED) is 0.844. The van der Waals surface area contributed by atoms with Gasteiger partial charge in [-0.1, -0.05) is 22.7 Å². The van der Waals surface area contributed by atoms with Gasteiger partial charge in [-0.15, -0.1) is 32.2 Å². The van der Waals surface area contributed by atoms with Crippen LogP contribution in [0, 0.1) is 0 Å². The molecule has 2 aromatic rings. The Labute approximate surface area is 98.1 Å². The van der Waals surface area contributed by atoms with E-state index < -0.39 is 0 Å². The fraction of sp³-hybridized carbons (Fsp3) is 0.333. The fourth-order valence-electron chi connectivity index (χ4n) is 0.875. The molecule has 0 aliphatic heterocycles. The van der Waals surface area contributed by atoms with Crippen LogP contribution in [0.25, 0.3) is 0 Å². The summed E-state index contributed by atoms with van der Waals surface area (Å²) in [6.07, 6.45) is 0. The van der Waals surface area contributed by atoms with Gasteiger partial charge in [-0.05, 0) is 0 Å². The van der Waals surface area contributed by atoms with Crippen molar-refractivity contribution in [2.24, 2.45) is 0 Å². The largest absolute Gasteiger partial charge is 0.374 e. The SMILES string of the molecule is Nc1nnc(CSCc2nnc(N)s2)s1. The number of nitrogen functional groups attached to an aromatic ring is 2. The van der Waals surface area contributed by atoms with E-state index in [0.717, 1.165) is 21.5 Å². The van der Waals surface area contributed by atoms with Crippen LogP contribution < -0.4 is 11.5 Å². The van der Waals surface area contributed by atoms with Crippen LogP contribution >= 0.6 is 34.4 Å². The van der Waals surface area contributed by atoms with Gasteiger partial charge >= 0.3 is 0 Å². The third-order valence-corrected chi connectivity index (χ3v) is 4.24. The zero-order valence-electron chi connectivity index (χ0n) is 7.58. The van der Waals surface area contributed by atoms with Crippen LogP contribution in [0.2, 0.25) is 0 Å². The van der Waals surface area contributed by atoms with E-state index in [1.54, 1.807) is 11.8 Å². The van der Waals surface area contributed by atoms with E-state index in [1.807, 2.05) is 0 Å². The molecule has 0 aliphatic rings. The van der Waals surface area contributed by atoms with Crippen molar-refractivity contribution in [2.45, 2.75) is 11.5 Å².